The number of aliphatic hydroxyl groups excluding tert-OH is 1. The standard InChI is InChI=1S/C21H24N4O/c1-15-12-18(24-23-15)21-20(17-10-6-3-7-11-17)22-14-25(21)19(13-26)16-8-4-2-5-9-16/h2-11,14-15,18-19,23-24,26H,12-13H2,1H3/t15?,18?,19-/m1/s1. The maximum absolute atomic E-state index is 10.1. The van der Waals surface area contributed by atoms with Gasteiger partial charge in [-0.3, -0.25) is 5.43 Å². The van der Waals surface area contributed by atoms with Crippen LogP contribution in [0, 0.1) is 0 Å². The van der Waals surface area contributed by atoms with Crippen LogP contribution >= 0.6 is 0 Å². The molecule has 134 valence electrons. The molecule has 0 radical (unpaired) electrons. The SMILES string of the molecule is CC1CC(c2c(-c3ccccc3)ncn2[C@H](CO)c2ccccc2)NN1. The number of benzene rings is 2. The Morgan fingerprint density at radius 2 is 1.77 bits per heavy atom. The minimum atomic E-state index is -0.158. The molecule has 26 heavy (non-hydrogen) atoms. The summed E-state index contributed by atoms with van der Waals surface area (Å²) in [6, 6.07) is 20.7. The second-order valence-corrected chi connectivity index (χ2v) is 6.84. The lowest BCUT2D eigenvalue weighted by Gasteiger charge is -2.23. The number of nitrogens with one attached hydrogen (secondary N) is 2. The van der Waals surface area contributed by atoms with E-state index in [1.54, 1.807) is 0 Å². The highest BCUT2D eigenvalue weighted by atomic mass is 16.3. The van der Waals surface area contributed by atoms with Crippen molar-refractivity contribution in [3.63, 3.8) is 0 Å². The lowest BCUT2D eigenvalue weighted by molar-refractivity contribution is 0.245. The van der Waals surface area contributed by atoms with Gasteiger partial charge in [0.1, 0.15) is 0 Å². The van der Waals surface area contributed by atoms with Crippen molar-refractivity contribution in [1.29, 1.82) is 0 Å². The van der Waals surface area contributed by atoms with Crippen LogP contribution in [-0.2, 0) is 0 Å². The van der Waals surface area contributed by atoms with Crippen molar-refractivity contribution in [2.45, 2.75) is 31.5 Å². The second kappa shape index (κ2) is 7.41. The maximum atomic E-state index is 10.1. The van der Waals surface area contributed by atoms with E-state index in [2.05, 4.69) is 46.6 Å². The van der Waals surface area contributed by atoms with Crippen molar-refractivity contribution in [1.82, 2.24) is 20.4 Å². The van der Waals surface area contributed by atoms with Crippen LogP contribution in [0.3, 0.4) is 0 Å². The van der Waals surface area contributed by atoms with Gasteiger partial charge in [0.2, 0.25) is 0 Å². The highest BCUT2D eigenvalue weighted by Gasteiger charge is 2.30. The molecule has 0 saturated carbocycles. The van der Waals surface area contributed by atoms with Gasteiger partial charge < -0.3 is 9.67 Å². The van der Waals surface area contributed by atoms with Crippen molar-refractivity contribution in [3.8, 4) is 11.3 Å². The van der Waals surface area contributed by atoms with Gasteiger partial charge in [0, 0.05) is 11.6 Å². The molecule has 5 nitrogen and oxygen atoms in total. The fourth-order valence-electron chi connectivity index (χ4n) is 3.71. The number of rotatable bonds is 5. The lowest BCUT2D eigenvalue weighted by atomic mass is 10.0. The van der Waals surface area contributed by atoms with E-state index in [0.29, 0.717) is 6.04 Å². The third-order valence-corrected chi connectivity index (χ3v) is 5.00. The minimum absolute atomic E-state index is 0.0251. The van der Waals surface area contributed by atoms with E-state index >= 15 is 0 Å². The predicted molar refractivity (Wildman–Crippen MR) is 102 cm³/mol. The van der Waals surface area contributed by atoms with E-state index in [9.17, 15) is 5.11 Å². The number of hydrogen-bond donors (Lipinski definition) is 3. The highest BCUT2D eigenvalue weighted by molar-refractivity contribution is 5.62. The van der Waals surface area contributed by atoms with Gasteiger partial charge in [-0.05, 0) is 18.9 Å². The maximum Gasteiger partial charge on any atom is 0.0963 e. The molecule has 0 bridgehead atoms. The number of aromatic nitrogens is 2. The van der Waals surface area contributed by atoms with Gasteiger partial charge in [-0.15, -0.1) is 0 Å². The Kier molecular flexibility index (Phi) is 4.84. The fraction of sp³-hybridized carbons (Fsp3) is 0.286. The van der Waals surface area contributed by atoms with Crippen LogP contribution in [0.2, 0.25) is 0 Å². The van der Waals surface area contributed by atoms with Crippen LogP contribution in [0.4, 0.5) is 0 Å². The van der Waals surface area contributed by atoms with E-state index in [1.807, 2.05) is 42.7 Å². The molecule has 1 saturated heterocycles. The summed E-state index contributed by atoms with van der Waals surface area (Å²) in [7, 11) is 0. The largest absolute Gasteiger partial charge is 0.394 e. The van der Waals surface area contributed by atoms with Crippen molar-refractivity contribution >= 4 is 0 Å². The van der Waals surface area contributed by atoms with Gasteiger partial charge in [0.15, 0.2) is 0 Å². The Hall–Kier alpha value is -2.47. The van der Waals surface area contributed by atoms with Gasteiger partial charge in [-0.2, -0.15) is 0 Å². The smallest absolute Gasteiger partial charge is 0.0963 e. The number of hydrogen-bond acceptors (Lipinski definition) is 4. The van der Waals surface area contributed by atoms with Crippen LogP contribution in [0.1, 0.15) is 36.7 Å². The average molecular weight is 348 g/mol. The molecule has 3 atom stereocenters. The van der Waals surface area contributed by atoms with Crippen LogP contribution < -0.4 is 10.9 Å². The van der Waals surface area contributed by atoms with E-state index in [-0.39, 0.29) is 18.7 Å². The van der Waals surface area contributed by atoms with E-state index in [4.69, 9.17) is 4.98 Å². The summed E-state index contributed by atoms with van der Waals surface area (Å²) in [6.45, 7) is 2.19. The molecule has 0 amide bonds. The topological polar surface area (TPSA) is 62.1 Å². The lowest BCUT2D eigenvalue weighted by Crippen LogP contribution is -2.30. The summed E-state index contributed by atoms with van der Waals surface area (Å²) < 4.78 is 2.12. The molecule has 5 heteroatoms. The van der Waals surface area contributed by atoms with Crippen molar-refractivity contribution in [3.05, 3.63) is 78.2 Å². The van der Waals surface area contributed by atoms with Gasteiger partial charge in [-0.25, -0.2) is 10.4 Å². The van der Waals surface area contributed by atoms with Crippen LogP contribution in [-0.4, -0.2) is 27.3 Å². The quantitative estimate of drug-likeness (QED) is 0.663. The molecule has 3 N–H and O–H groups in total. The fourth-order valence-corrected chi connectivity index (χ4v) is 3.71. The molecule has 3 aromatic rings. The third kappa shape index (κ3) is 3.17. The molecular formula is C21H24N4O. The number of hydrazine groups is 1. The normalized spacial score (nSPS) is 21.0. The Morgan fingerprint density at radius 1 is 1.08 bits per heavy atom. The van der Waals surface area contributed by atoms with E-state index in [1.165, 1.54) is 0 Å². The summed E-state index contributed by atoms with van der Waals surface area (Å²) >= 11 is 0. The number of aliphatic hydroxyl groups is 1. The zero-order valence-corrected chi connectivity index (χ0v) is 14.8. The van der Waals surface area contributed by atoms with Gasteiger partial charge in [0.05, 0.1) is 36.4 Å². The van der Waals surface area contributed by atoms with E-state index < -0.39 is 0 Å². The molecule has 2 aromatic carbocycles. The summed E-state index contributed by atoms with van der Waals surface area (Å²) in [5.41, 5.74) is 10.9. The average Bonchev–Trinajstić information content (AvgIpc) is 3.30. The van der Waals surface area contributed by atoms with Crippen molar-refractivity contribution < 1.29 is 5.11 Å². The summed E-state index contributed by atoms with van der Waals surface area (Å²) in [4.78, 5) is 4.73. The number of nitrogens with zero attached hydrogens (tertiary/aromatic N) is 2. The molecule has 4 rings (SSSR count). The van der Waals surface area contributed by atoms with Crippen LogP contribution in [0.5, 0.6) is 0 Å². The first-order valence-electron chi connectivity index (χ1n) is 9.07. The molecule has 1 aliphatic rings. The Bertz CT molecular complexity index is 847. The molecule has 0 spiro atoms. The summed E-state index contributed by atoms with van der Waals surface area (Å²) in [5.74, 6) is 0. The monoisotopic (exact) mass is 348 g/mol. The first-order valence-corrected chi connectivity index (χ1v) is 9.07. The Labute approximate surface area is 153 Å². The first-order chi connectivity index (χ1) is 12.8. The summed E-state index contributed by atoms with van der Waals surface area (Å²) in [6.07, 6.45) is 2.83. The van der Waals surface area contributed by atoms with Crippen LogP contribution in [0.15, 0.2) is 67.0 Å². The zero-order chi connectivity index (χ0) is 17.9. The molecule has 2 unspecified atom stereocenters. The highest BCUT2D eigenvalue weighted by Crippen LogP contribution is 2.34. The second-order valence-electron chi connectivity index (χ2n) is 6.84. The molecule has 1 fully saturated rings. The van der Waals surface area contributed by atoms with Crippen molar-refractivity contribution in [2.75, 3.05) is 6.61 Å². The summed E-state index contributed by atoms with van der Waals surface area (Å²) in [5, 5.41) is 10.1. The van der Waals surface area contributed by atoms with Gasteiger partial charge >= 0.3 is 0 Å². The molecule has 0 aliphatic carbocycles. The first kappa shape index (κ1) is 17.0. The minimum Gasteiger partial charge on any atom is -0.394 e. The zero-order valence-electron chi connectivity index (χ0n) is 14.8. The molecule has 1 aliphatic heterocycles. The number of imidazole rings is 1. The van der Waals surface area contributed by atoms with Gasteiger partial charge in [-0.1, -0.05) is 60.7 Å². The van der Waals surface area contributed by atoms with Gasteiger partial charge in [0.25, 0.3) is 0 Å². The third-order valence-electron chi connectivity index (χ3n) is 5.00. The van der Waals surface area contributed by atoms with E-state index in [0.717, 1.165) is 28.9 Å². The molecule has 2 heterocycles. The Morgan fingerprint density at radius 3 is 2.38 bits per heavy atom. The van der Waals surface area contributed by atoms with Crippen LogP contribution in [0.25, 0.3) is 11.3 Å². The Balaban J connectivity index is 1.83. The molecule has 1 aromatic heterocycles. The predicted octanol–water partition coefficient (Wildman–Crippen LogP) is 3.06. The molecular weight excluding hydrogens is 324 g/mol. The van der Waals surface area contributed by atoms with Crippen molar-refractivity contribution in [2.24, 2.45) is 0 Å².